The SMILES string of the molecule is CCCCCC(O)CCCCCCCCC(O)C(=O)O. The standard InChI is InChI=1S/C16H32O4/c1-2-3-8-11-14(17)12-9-6-4-5-7-10-13-15(18)16(19)20/h14-15,17-18H,2-13H2,1H3,(H,19,20). The molecule has 0 bridgehead atoms. The molecule has 0 saturated heterocycles. The molecule has 0 radical (unpaired) electrons. The third-order valence-electron chi connectivity index (χ3n) is 3.69. The molecule has 4 heteroatoms. The Balaban J connectivity index is 3.22. The number of carbonyl (C=O) groups is 1. The highest BCUT2D eigenvalue weighted by molar-refractivity contribution is 5.71. The summed E-state index contributed by atoms with van der Waals surface area (Å²) in [5.74, 6) is -1.12. The number of hydrogen-bond acceptors (Lipinski definition) is 3. The van der Waals surface area contributed by atoms with Crippen LogP contribution in [0.25, 0.3) is 0 Å². The maximum absolute atomic E-state index is 10.4. The van der Waals surface area contributed by atoms with Crippen LogP contribution >= 0.6 is 0 Å². The van der Waals surface area contributed by atoms with E-state index in [0.29, 0.717) is 6.42 Å². The molecule has 0 aromatic heterocycles. The van der Waals surface area contributed by atoms with Crippen molar-refractivity contribution in [2.45, 2.75) is 96.2 Å². The average molecular weight is 288 g/mol. The van der Waals surface area contributed by atoms with E-state index in [2.05, 4.69) is 6.92 Å². The van der Waals surface area contributed by atoms with Crippen molar-refractivity contribution in [1.82, 2.24) is 0 Å². The van der Waals surface area contributed by atoms with E-state index < -0.39 is 12.1 Å². The molecular formula is C16H32O4. The van der Waals surface area contributed by atoms with Gasteiger partial charge in [-0.05, 0) is 19.3 Å². The lowest BCUT2D eigenvalue weighted by atomic mass is 10.0. The van der Waals surface area contributed by atoms with E-state index in [1.165, 1.54) is 12.8 Å². The van der Waals surface area contributed by atoms with Gasteiger partial charge in [0.25, 0.3) is 0 Å². The predicted molar refractivity (Wildman–Crippen MR) is 80.7 cm³/mol. The first-order valence-corrected chi connectivity index (χ1v) is 8.16. The van der Waals surface area contributed by atoms with Gasteiger partial charge in [-0.2, -0.15) is 0 Å². The second kappa shape index (κ2) is 13.4. The van der Waals surface area contributed by atoms with Crippen LogP contribution in [0.15, 0.2) is 0 Å². The van der Waals surface area contributed by atoms with Crippen LogP contribution in [0.2, 0.25) is 0 Å². The topological polar surface area (TPSA) is 77.8 Å². The Labute approximate surface area is 123 Å². The lowest BCUT2D eigenvalue weighted by Crippen LogP contribution is -2.18. The van der Waals surface area contributed by atoms with Crippen LogP contribution in [0.5, 0.6) is 0 Å². The Bertz CT molecular complexity index is 231. The van der Waals surface area contributed by atoms with Crippen molar-refractivity contribution < 1.29 is 20.1 Å². The first-order chi connectivity index (χ1) is 9.57. The number of unbranched alkanes of at least 4 members (excludes halogenated alkanes) is 7. The van der Waals surface area contributed by atoms with E-state index >= 15 is 0 Å². The molecule has 0 amide bonds. The summed E-state index contributed by atoms with van der Waals surface area (Å²) in [4.78, 5) is 10.4. The summed E-state index contributed by atoms with van der Waals surface area (Å²) in [6.07, 6.45) is 10.6. The molecule has 0 saturated carbocycles. The molecule has 3 N–H and O–H groups in total. The molecule has 4 nitrogen and oxygen atoms in total. The molecule has 20 heavy (non-hydrogen) atoms. The van der Waals surface area contributed by atoms with Crippen molar-refractivity contribution >= 4 is 5.97 Å². The lowest BCUT2D eigenvalue weighted by Gasteiger charge is -2.09. The van der Waals surface area contributed by atoms with E-state index in [0.717, 1.165) is 57.8 Å². The Morgan fingerprint density at radius 2 is 1.25 bits per heavy atom. The van der Waals surface area contributed by atoms with E-state index in [1.807, 2.05) is 0 Å². The van der Waals surface area contributed by atoms with Crippen molar-refractivity contribution in [3.63, 3.8) is 0 Å². The summed E-state index contributed by atoms with van der Waals surface area (Å²) in [7, 11) is 0. The summed E-state index contributed by atoms with van der Waals surface area (Å²) in [5.41, 5.74) is 0. The normalized spacial score (nSPS) is 14.2. The van der Waals surface area contributed by atoms with Gasteiger partial charge in [0, 0.05) is 0 Å². The van der Waals surface area contributed by atoms with Gasteiger partial charge in [-0.25, -0.2) is 4.79 Å². The second-order valence-electron chi connectivity index (χ2n) is 5.70. The summed E-state index contributed by atoms with van der Waals surface area (Å²) >= 11 is 0. The molecule has 0 fully saturated rings. The van der Waals surface area contributed by atoms with Crippen molar-refractivity contribution in [3.8, 4) is 0 Å². The Morgan fingerprint density at radius 3 is 1.75 bits per heavy atom. The lowest BCUT2D eigenvalue weighted by molar-refractivity contribution is -0.146. The Kier molecular flexibility index (Phi) is 13.0. The Hall–Kier alpha value is -0.610. The van der Waals surface area contributed by atoms with Gasteiger partial charge in [-0.1, -0.05) is 64.7 Å². The van der Waals surface area contributed by atoms with Crippen molar-refractivity contribution in [1.29, 1.82) is 0 Å². The number of aliphatic carboxylic acids is 1. The van der Waals surface area contributed by atoms with Gasteiger partial charge in [0.2, 0.25) is 0 Å². The van der Waals surface area contributed by atoms with Crippen LogP contribution in [0, 0.1) is 0 Å². The average Bonchev–Trinajstić information content (AvgIpc) is 2.41. The number of rotatable bonds is 14. The summed E-state index contributed by atoms with van der Waals surface area (Å²) in [6, 6.07) is 0. The number of carboxylic acids is 1. The third kappa shape index (κ3) is 12.4. The maximum atomic E-state index is 10.4. The Morgan fingerprint density at radius 1 is 0.800 bits per heavy atom. The summed E-state index contributed by atoms with van der Waals surface area (Å²) < 4.78 is 0. The van der Waals surface area contributed by atoms with Crippen molar-refractivity contribution in [3.05, 3.63) is 0 Å². The zero-order valence-electron chi connectivity index (χ0n) is 12.9. The molecule has 0 spiro atoms. The van der Waals surface area contributed by atoms with Crippen LogP contribution in [0.4, 0.5) is 0 Å². The smallest absolute Gasteiger partial charge is 0.332 e. The highest BCUT2D eigenvalue weighted by atomic mass is 16.4. The third-order valence-corrected chi connectivity index (χ3v) is 3.69. The molecule has 0 aliphatic heterocycles. The number of hydrogen-bond donors (Lipinski definition) is 3. The molecule has 0 aliphatic carbocycles. The molecule has 0 rings (SSSR count). The van der Waals surface area contributed by atoms with E-state index in [1.54, 1.807) is 0 Å². The van der Waals surface area contributed by atoms with Crippen molar-refractivity contribution in [2.75, 3.05) is 0 Å². The van der Waals surface area contributed by atoms with Crippen LogP contribution < -0.4 is 0 Å². The molecule has 0 aliphatic rings. The van der Waals surface area contributed by atoms with Crippen LogP contribution in [0.1, 0.15) is 84.0 Å². The zero-order chi connectivity index (χ0) is 15.2. The van der Waals surface area contributed by atoms with Crippen LogP contribution in [-0.2, 0) is 4.79 Å². The zero-order valence-corrected chi connectivity index (χ0v) is 12.9. The maximum Gasteiger partial charge on any atom is 0.332 e. The largest absolute Gasteiger partial charge is 0.479 e. The quantitative estimate of drug-likeness (QED) is 0.428. The first kappa shape index (κ1) is 19.4. The van der Waals surface area contributed by atoms with Crippen LogP contribution in [-0.4, -0.2) is 33.5 Å². The fraction of sp³-hybridized carbons (Fsp3) is 0.938. The molecule has 0 aromatic rings. The van der Waals surface area contributed by atoms with Gasteiger partial charge in [-0.3, -0.25) is 0 Å². The summed E-state index contributed by atoms with van der Waals surface area (Å²) in [5, 5.41) is 27.3. The van der Waals surface area contributed by atoms with E-state index in [-0.39, 0.29) is 6.10 Å². The summed E-state index contributed by atoms with van der Waals surface area (Å²) in [6.45, 7) is 2.17. The second-order valence-corrected chi connectivity index (χ2v) is 5.70. The highest BCUT2D eigenvalue weighted by Gasteiger charge is 2.11. The van der Waals surface area contributed by atoms with Gasteiger partial charge in [0.1, 0.15) is 0 Å². The molecule has 0 heterocycles. The molecule has 2 unspecified atom stereocenters. The number of aliphatic hydroxyl groups excluding tert-OH is 2. The van der Waals surface area contributed by atoms with Gasteiger partial charge < -0.3 is 15.3 Å². The fourth-order valence-corrected chi connectivity index (χ4v) is 2.32. The number of aliphatic hydroxyl groups is 2. The minimum Gasteiger partial charge on any atom is -0.479 e. The molecule has 0 aromatic carbocycles. The predicted octanol–water partition coefficient (Wildman–Crippen LogP) is 3.49. The van der Waals surface area contributed by atoms with Gasteiger partial charge in [0.15, 0.2) is 6.10 Å². The van der Waals surface area contributed by atoms with Gasteiger partial charge in [0.05, 0.1) is 6.10 Å². The monoisotopic (exact) mass is 288 g/mol. The fourth-order valence-electron chi connectivity index (χ4n) is 2.32. The van der Waals surface area contributed by atoms with Crippen molar-refractivity contribution in [2.24, 2.45) is 0 Å². The first-order valence-electron chi connectivity index (χ1n) is 8.16. The van der Waals surface area contributed by atoms with Gasteiger partial charge >= 0.3 is 5.97 Å². The van der Waals surface area contributed by atoms with Crippen LogP contribution in [0.3, 0.4) is 0 Å². The van der Waals surface area contributed by atoms with Gasteiger partial charge in [-0.15, -0.1) is 0 Å². The minimum atomic E-state index is -1.20. The van der Waals surface area contributed by atoms with E-state index in [4.69, 9.17) is 10.2 Å². The minimum absolute atomic E-state index is 0.132. The molecular weight excluding hydrogens is 256 g/mol. The highest BCUT2D eigenvalue weighted by Crippen LogP contribution is 2.13. The van der Waals surface area contributed by atoms with E-state index in [9.17, 15) is 9.90 Å². The molecule has 120 valence electrons. The molecule has 2 atom stereocenters. The number of carboxylic acid groups (broad SMARTS) is 1.